The molecule has 2 aromatic carbocycles. The smallest absolute Gasteiger partial charge is 0.373 e. The van der Waals surface area contributed by atoms with Crippen LogP contribution >= 0.6 is 11.6 Å². The highest BCUT2D eigenvalue weighted by Crippen LogP contribution is 2.26. The molecule has 0 saturated heterocycles. The molecular formula is C20H18ClNO3. The normalized spacial score (nSPS) is 11.6. The van der Waals surface area contributed by atoms with Crippen molar-refractivity contribution in [3.8, 4) is 0 Å². The minimum Gasteiger partial charge on any atom is -0.490 e. The minimum atomic E-state index is -0.508. The number of methoxy groups -OCH3 is 2. The standard InChI is InChI=1S/C20H18ClNO3/c1-24-18(20(23)25-2)12-15-6-3-4-7-16(15)13-22-11-10-14-8-5-9-17(21)19(14)22/h3-12H,13H2,1-2H3. The van der Waals surface area contributed by atoms with Gasteiger partial charge in [-0.15, -0.1) is 0 Å². The van der Waals surface area contributed by atoms with Crippen LogP contribution in [-0.2, 0) is 20.8 Å². The third kappa shape index (κ3) is 3.54. The van der Waals surface area contributed by atoms with E-state index in [1.54, 1.807) is 6.08 Å². The number of carbonyl (C=O) groups is 1. The molecule has 5 heteroatoms. The predicted molar refractivity (Wildman–Crippen MR) is 99.5 cm³/mol. The van der Waals surface area contributed by atoms with Crippen molar-refractivity contribution in [1.82, 2.24) is 4.57 Å². The summed E-state index contributed by atoms with van der Waals surface area (Å²) in [4.78, 5) is 11.8. The average molecular weight is 356 g/mol. The molecule has 128 valence electrons. The van der Waals surface area contributed by atoms with Crippen LogP contribution < -0.4 is 0 Å². The number of hydrogen-bond acceptors (Lipinski definition) is 3. The number of carbonyl (C=O) groups excluding carboxylic acids is 1. The molecule has 0 aliphatic carbocycles. The summed E-state index contributed by atoms with van der Waals surface area (Å²) in [5.41, 5.74) is 2.92. The molecule has 0 bridgehead atoms. The second-order valence-corrected chi connectivity index (χ2v) is 5.93. The molecule has 25 heavy (non-hydrogen) atoms. The average Bonchev–Trinajstić information content (AvgIpc) is 3.04. The Balaban J connectivity index is 2.01. The van der Waals surface area contributed by atoms with Crippen molar-refractivity contribution >= 4 is 34.5 Å². The number of benzene rings is 2. The van der Waals surface area contributed by atoms with Gasteiger partial charge in [0.15, 0.2) is 0 Å². The van der Waals surface area contributed by atoms with Crippen molar-refractivity contribution < 1.29 is 14.3 Å². The summed E-state index contributed by atoms with van der Waals surface area (Å²) < 4.78 is 12.0. The molecule has 3 rings (SSSR count). The third-order valence-corrected chi connectivity index (χ3v) is 4.33. The molecule has 1 heterocycles. The van der Waals surface area contributed by atoms with E-state index >= 15 is 0 Å². The molecular weight excluding hydrogens is 338 g/mol. The number of hydrogen-bond donors (Lipinski definition) is 0. The van der Waals surface area contributed by atoms with Gasteiger partial charge in [-0.1, -0.05) is 48.0 Å². The number of nitrogens with zero attached hydrogens (tertiary/aromatic N) is 1. The molecule has 3 aromatic rings. The topological polar surface area (TPSA) is 40.5 Å². The van der Waals surface area contributed by atoms with E-state index in [0.717, 1.165) is 22.0 Å². The summed E-state index contributed by atoms with van der Waals surface area (Å²) in [7, 11) is 2.78. The van der Waals surface area contributed by atoms with E-state index in [-0.39, 0.29) is 5.76 Å². The van der Waals surface area contributed by atoms with Gasteiger partial charge in [0.2, 0.25) is 5.76 Å². The first kappa shape index (κ1) is 17.1. The monoisotopic (exact) mass is 355 g/mol. The Morgan fingerprint density at radius 1 is 1.08 bits per heavy atom. The van der Waals surface area contributed by atoms with Gasteiger partial charge in [-0.05, 0) is 29.3 Å². The number of esters is 1. The van der Waals surface area contributed by atoms with Gasteiger partial charge in [0, 0.05) is 18.1 Å². The molecule has 0 aliphatic rings. The summed E-state index contributed by atoms with van der Waals surface area (Å²) in [6.45, 7) is 0.623. The zero-order valence-electron chi connectivity index (χ0n) is 14.0. The number of fused-ring (bicyclic) bond motifs is 1. The highest BCUT2D eigenvalue weighted by molar-refractivity contribution is 6.35. The van der Waals surface area contributed by atoms with Crippen LogP contribution in [0.15, 0.2) is 60.5 Å². The fraction of sp³-hybridized carbons (Fsp3) is 0.150. The molecule has 0 unspecified atom stereocenters. The van der Waals surface area contributed by atoms with Crippen molar-refractivity contribution in [2.45, 2.75) is 6.54 Å². The van der Waals surface area contributed by atoms with Crippen LogP contribution in [0, 0.1) is 0 Å². The van der Waals surface area contributed by atoms with Crippen molar-refractivity contribution in [2.24, 2.45) is 0 Å². The molecule has 0 N–H and O–H groups in total. The Labute approximate surface area is 151 Å². The van der Waals surface area contributed by atoms with E-state index in [9.17, 15) is 4.79 Å². The molecule has 1 aromatic heterocycles. The Hall–Kier alpha value is -2.72. The van der Waals surface area contributed by atoms with Crippen molar-refractivity contribution in [2.75, 3.05) is 14.2 Å². The number of halogens is 1. The second-order valence-electron chi connectivity index (χ2n) is 5.52. The zero-order chi connectivity index (χ0) is 17.8. The van der Waals surface area contributed by atoms with E-state index in [0.29, 0.717) is 11.6 Å². The lowest BCUT2D eigenvalue weighted by atomic mass is 10.1. The van der Waals surface area contributed by atoms with Crippen LogP contribution in [0.3, 0.4) is 0 Å². The number of ether oxygens (including phenoxy) is 2. The first-order chi connectivity index (χ1) is 12.1. The van der Waals surface area contributed by atoms with E-state index in [4.69, 9.17) is 21.1 Å². The Morgan fingerprint density at radius 3 is 2.64 bits per heavy atom. The first-order valence-corrected chi connectivity index (χ1v) is 8.17. The predicted octanol–water partition coefficient (Wildman–Crippen LogP) is 4.50. The maximum absolute atomic E-state index is 11.8. The maximum atomic E-state index is 11.8. The summed E-state index contributed by atoms with van der Waals surface area (Å²) in [5, 5.41) is 1.80. The Kier molecular flexibility index (Phi) is 5.10. The SMILES string of the molecule is COC(=O)C(=Cc1ccccc1Cn1ccc2cccc(Cl)c21)OC. The number of para-hydroxylation sites is 1. The lowest BCUT2D eigenvalue weighted by Crippen LogP contribution is -2.07. The lowest BCUT2D eigenvalue weighted by molar-refractivity contribution is -0.139. The van der Waals surface area contributed by atoms with Crippen LogP contribution in [0.5, 0.6) is 0 Å². The first-order valence-electron chi connectivity index (χ1n) is 7.79. The molecule has 0 saturated carbocycles. The molecule has 0 atom stereocenters. The van der Waals surface area contributed by atoms with Crippen LogP contribution in [0.1, 0.15) is 11.1 Å². The molecule has 4 nitrogen and oxygen atoms in total. The van der Waals surface area contributed by atoms with Gasteiger partial charge in [0.05, 0.1) is 24.8 Å². The van der Waals surface area contributed by atoms with Gasteiger partial charge in [0.25, 0.3) is 0 Å². The second kappa shape index (κ2) is 7.45. The van der Waals surface area contributed by atoms with E-state index < -0.39 is 5.97 Å². The summed E-state index contributed by atoms with van der Waals surface area (Å²) in [6.07, 6.45) is 3.70. The van der Waals surface area contributed by atoms with Gasteiger partial charge in [-0.2, -0.15) is 0 Å². The van der Waals surface area contributed by atoms with Gasteiger partial charge >= 0.3 is 5.97 Å². The van der Waals surface area contributed by atoms with Gasteiger partial charge < -0.3 is 14.0 Å². The summed E-state index contributed by atoms with van der Waals surface area (Å²) in [6, 6.07) is 15.7. The summed E-state index contributed by atoms with van der Waals surface area (Å²) in [5.74, 6) is -0.350. The van der Waals surface area contributed by atoms with Crippen molar-refractivity contribution in [3.05, 3.63) is 76.6 Å². The number of aromatic nitrogens is 1. The van der Waals surface area contributed by atoms with Gasteiger partial charge in [-0.3, -0.25) is 0 Å². The van der Waals surface area contributed by atoms with Crippen molar-refractivity contribution in [1.29, 1.82) is 0 Å². The zero-order valence-corrected chi connectivity index (χ0v) is 14.8. The van der Waals surface area contributed by atoms with E-state index in [1.165, 1.54) is 14.2 Å². The van der Waals surface area contributed by atoms with Crippen LogP contribution in [0.4, 0.5) is 0 Å². The van der Waals surface area contributed by atoms with E-state index in [2.05, 4.69) is 4.57 Å². The lowest BCUT2D eigenvalue weighted by Gasteiger charge is -2.11. The summed E-state index contributed by atoms with van der Waals surface area (Å²) >= 11 is 6.36. The maximum Gasteiger partial charge on any atom is 0.373 e. The Bertz CT molecular complexity index is 943. The largest absolute Gasteiger partial charge is 0.490 e. The van der Waals surface area contributed by atoms with Crippen LogP contribution in [-0.4, -0.2) is 24.8 Å². The molecule has 0 spiro atoms. The third-order valence-electron chi connectivity index (χ3n) is 4.03. The highest BCUT2D eigenvalue weighted by Gasteiger charge is 2.12. The molecule has 0 aliphatic heterocycles. The van der Waals surface area contributed by atoms with Gasteiger partial charge in [-0.25, -0.2) is 4.79 Å². The van der Waals surface area contributed by atoms with Gasteiger partial charge in [0.1, 0.15) is 0 Å². The highest BCUT2D eigenvalue weighted by atomic mass is 35.5. The molecule has 0 fully saturated rings. The van der Waals surface area contributed by atoms with Crippen molar-refractivity contribution in [3.63, 3.8) is 0 Å². The van der Waals surface area contributed by atoms with Crippen LogP contribution in [0.2, 0.25) is 5.02 Å². The number of rotatable bonds is 5. The van der Waals surface area contributed by atoms with Crippen LogP contribution in [0.25, 0.3) is 17.0 Å². The quantitative estimate of drug-likeness (QED) is 0.384. The molecule has 0 radical (unpaired) electrons. The van der Waals surface area contributed by atoms with E-state index in [1.807, 2.05) is 54.7 Å². The minimum absolute atomic E-state index is 0.158. The fourth-order valence-corrected chi connectivity index (χ4v) is 3.08. The Morgan fingerprint density at radius 2 is 1.88 bits per heavy atom. The fourth-order valence-electron chi connectivity index (χ4n) is 2.79. The molecule has 0 amide bonds.